The Kier molecular flexibility index (Phi) is 5.30. The first kappa shape index (κ1) is 17.4. The van der Waals surface area contributed by atoms with Crippen LogP contribution in [0.5, 0.6) is 0 Å². The van der Waals surface area contributed by atoms with Gasteiger partial charge in [0.25, 0.3) is 5.56 Å². The van der Waals surface area contributed by atoms with Crippen LogP contribution in [0.25, 0.3) is 11.1 Å². The van der Waals surface area contributed by atoms with Crippen molar-refractivity contribution in [2.24, 2.45) is 0 Å². The van der Waals surface area contributed by atoms with E-state index in [0.717, 1.165) is 0 Å². The summed E-state index contributed by atoms with van der Waals surface area (Å²) in [6.07, 6.45) is 0.925. The van der Waals surface area contributed by atoms with Crippen LogP contribution in [0.4, 0.5) is 0 Å². The van der Waals surface area contributed by atoms with Crippen LogP contribution < -0.4 is 5.56 Å². The van der Waals surface area contributed by atoms with Gasteiger partial charge in [-0.3, -0.25) is 9.59 Å². The highest BCUT2D eigenvalue weighted by molar-refractivity contribution is 6.56. The number of rotatable bonds is 3. The zero-order chi connectivity index (χ0) is 16.6. The number of aliphatic carboxylic acids is 1. The van der Waals surface area contributed by atoms with Crippen molar-refractivity contribution in [1.29, 1.82) is 0 Å². The van der Waals surface area contributed by atoms with Crippen LogP contribution in [0.3, 0.4) is 0 Å². The average molecular weight is 401 g/mol. The Morgan fingerprint density at radius 2 is 1.45 bits per heavy atom. The fraction of sp³-hybridized carbons (Fsp3) is 0.0769. The summed E-state index contributed by atoms with van der Waals surface area (Å²) in [5, 5.41) is 8.62. The van der Waals surface area contributed by atoms with Crippen molar-refractivity contribution in [3.05, 3.63) is 53.3 Å². The molecule has 0 aliphatic rings. The van der Waals surface area contributed by atoms with E-state index < -0.39 is 17.9 Å². The van der Waals surface area contributed by atoms with Gasteiger partial charge in [-0.15, -0.1) is 0 Å². The zero-order valence-electron chi connectivity index (χ0n) is 10.5. The second-order valence-electron chi connectivity index (χ2n) is 4.22. The molecular formula is C13H6Cl5NO3. The largest absolute Gasteiger partial charge is 0.481 e. The molecule has 0 radical (unpaired) electrons. The average Bonchev–Trinajstić information content (AvgIpc) is 2.45. The second kappa shape index (κ2) is 6.69. The van der Waals surface area contributed by atoms with E-state index in [1.807, 2.05) is 0 Å². The Bertz CT molecular complexity index is 802. The van der Waals surface area contributed by atoms with Crippen molar-refractivity contribution >= 4 is 64.0 Å². The lowest BCUT2D eigenvalue weighted by molar-refractivity contribution is -0.136. The number of carbonyl (C=O) groups is 1. The second-order valence-corrected chi connectivity index (χ2v) is 6.11. The molecule has 0 fully saturated rings. The summed E-state index contributed by atoms with van der Waals surface area (Å²) in [6.45, 7) is 0. The molecule has 1 aromatic carbocycles. The summed E-state index contributed by atoms with van der Waals surface area (Å²) in [5.41, 5.74) is -0.326. The van der Waals surface area contributed by atoms with E-state index in [4.69, 9.17) is 63.1 Å². The number of aromatic nitrogens is 1. The third-order valence-electron chi connectivity index (χ3n) is 2.85. The minimum atomic E-state index is -1.12. The number of H-pyrrole nitrogens is 1. The number of hydrogen-bond donors (Lipinski definition) is 2. The molecule has 0 spiro atoms. The molecule has 0 aliphatic heterocycles. The molecule has 116 valence electrons. The lowest BCUT2D eigenvalue weighted by Crippen LogP contribution is -2.14. The predicted octanol–water partition coefficient (Wildman–Crippen LogP) is 4.94. The summed E-state index contributed by atoms with van der Waals surface area (Å²) in [7, 11) is 0. The van der Waals surface area contributed by atoms with Crippen molar-refractivity contribution < 1.29 is 9.90 Å². The van der Waals surface area contributed by atoms with E-state index in [1.54, 1.807) is 0 Å². The monoisotopic (exact) mass is 399 g/mol. The van der Waals surface area contributed by atoms with Crippen LogP contribution in [0, 0.1) is 0 Å². The highest BCUT2D eigenvalue weighted by atomic mass is 35.5. The highest BCUT2D eigenvalue weighted by Gasteiger charge is 2.24. The van der Waals surface area contributed by atoms with Gasteiger partial charge in [0.2, 0.25) is 0 Å². The maximum atomic E-state index is 12.1. The first-order chi connectivity index (χ1) is 10.3. The van der Waals surface area contributed by atoms with Crippen LogP contribution >= 0.6 is 58.0 Å². The standard InChI is InChI=1S/C13H6Cl5NO3/c14-8-7(9(15)11(17)12(18)10(8)16)6-4(3-5(20)21)1-2-19-13(6)22/h1-2H,3H2,(H,19,22)(H,20,21). The molecule has 22 heavy (non-hydrogen) atoms. The molecule has 0 amide bonds. The van der Waals surface area contributed by atoms with E-state index in [-0.39, 0.29) is 41.8 Å². The van der Waals surface area contributed by atoms with Gasteiger partial charge >= 0.3 is 5.97 Å². The first-order valence-electron chi connectivity index (χ1n) is 5.69. The SMILES string of the molecule is O=C(O)Cc1cc[nH]c(=O)c1-c1c(Cl)c(Cl)c(Cl)c(Cl)c1Cl. The fourth-order valence-corrected chi connectivity index (χ4v) is 3.26. The molecule has 0 atom stereocenters. The zero-order valence-corrected chi connectivity index (χ0v) is 14.3. The Labute approximate surface area is 149 Å². The van der Waals surface area contributed by atoms with Gasteiger partial charge in [0.05, 0.1) is 37.1 Å². The molecule has 1 heterocycles. The molecule has 1 aromatic heterocycles. The number of hydrogen-bond acceptors (Lipinski definition) is 2. The van der Waals surface area contributed by atoms with Crippen LogP contribution in [-0.4, -0.2) is 16.1 Å². The Balaban J connectivity index is 2.89. The summed E-state index contributed by atoms with van der Waals surface area (Å²) < 4.78 is 0. The molecule has 0 saturated heterocycles. The Morgan fingerprint density at radius 3 is 1.95 bits per heavy atom. The van der Waals surface area contributed by atoms with E-state index in [0.29, 0.717) is 0 Å². The number of benzene rings is 1. The number of carboxylic acid groups (broad SMARTS) is 1. The quantitative estimate of drug-likeness (QED) is 0.566. The molecule has 2 aromatic rings. The van der Waals surface area contributed by atoms with Crippen molar-refractivity contribution in [3.63, 3.8) is 0 Å². The minimum absolute atomic E-state index is 0.0135. The van der Waals surface area contributed by atoms with E-state index >= 15 is 0 Å². The number of nitrogens with one attached hydrogen (secondary N) is 1. The maximum Gasteiger partial charge on any atom is 0.307 e. The van der Waals surface area contributed by atoms with Crippen molar-refractivity contribution in [3.8, 4) is 11.1 Å². The van der Waals surface area contributed by atoms with Crippen molar-refractivity contribution in [1.82, 2.24) is 4.98 Å². The van der Waals surface area contributed by atoms with Gasteiger partial charge in [-0.05, 0) is 11.6 Å². The molecule has 0 unspecified atom stereocenters. The van der Waals surface area contributed by atoms with Gasteiger partial charge in [-0.25, -0.2) is 0 Å². The molecule has 2 rings (SSSR count). The number of pyridine rings is 1. The summed E-state index contributed by atoms with van der Waals surface area (Å²) in [6, 6.07) is 1.44. The highest BCUT2D eigenvalue weighted by Crippen LogP contribution is 2.48. The number of aromatic amines is 1. The molecule has 9 heteroatoms. The van der Waals surface area contributed by atoms with Crippen molar-refractivity contribution in [2.75, 3.05) is 0 Å². The van der Waals surface area contributed by atoms with E-state index in [9.17, 15) is 9.59 Å². The van der Waals surface area contributed by atoms with Crippen LogP contribution in [0.1, 0.15) is 5.56 Å². The lowest BCUT2D eigenvalue weighted by Gasteiger charge is -2.14. The predicted molar refractivity (Wildman–Crippen MR) is 88.9 cm³/mol. The lowest BCUT2D eigenvalue weighted by atomic mass is 9.99. The first-order valence-corrected chi connectivity index (χ1v) is 7.58. The van der Waals surface area contributed by atoms with Gasteiger partial charge in [-0.1, -0.05) is 58.0 Å². The summed E-state index contributed by atoms with van der Waals surface area (Å²) in [4.78, 5) is 25.6. The topological polar surface area (TPSA) is 70.2 Å². The van der Waals surface area contributed by atoms with Crippen LogP contribution in [-0.2, 0) is 11.2 Å². The molecule has 0 bridgehead atoms. The van der Waals surface area contributed by atoms with Gasteiger partial charge in [0.15, 0.2) is 0 Å². The molecule has 2 N–H and O–H groups in total. The fourth-order valence-electron chi connectivity index (χ4n) is 1.93. The normalized spacial score (nSPS) is 10.8. The van der Waals surface area contributed by atoms with Crippen LogP contribution in [0.2, 0.25) is 25.1 Å². The minimum Gasteiger partial charge on any atom is -0.481 e. The summed E-state index contributed by atoms with van der Waals surface area (Å²) in [5.74, 6) is -1.12. The van der Waals surface area contributed by atoms with E-state index in [2.05, 4.69) is 4.98 Å². The van der Waals surface area contributed by atoms with Gasteiger partial charge in [-0.2, -0.15) is 0 Å². The Hall–Kier alpha value is -0.910. The Morgan fingerprint density at radius 1 is 0.955 bits per heavy atom. The van der Waals surface area contributed by atoms with Gasteiger partial charge in [0, 0.05) is 11.8 Å². The third kappa shape index (κ3) is 3.07. The van der Waals surface area contributed by atoms with Crippen LogP contribution in [0.15, 0.2) is 17.1 Å². The maximum absolute atomic E-state index is 12.1. The molecule has 0 aliphatic carbocycles. The van der Waals surface area contributed by atoms with E-state index in [1.165, 1.54) is 12.3 Å². The van der Waals surface area contributed by atoms with Gasteiger partial charge < -0.3 is 10.1 Å². The molecule has 0 saturated carbocycles. The number of halogens is 5. The third-order valence-corrected chi connectivity index (χ3v) is 5.13. The van der Waals surface area contributed by atoms with Crippen molar-refractivity contribution in [2.45, 2.75) is 6.42 Å². The molecule has 4 nitrogen and oxygen atoms in total. The van der Waals surface area contributed by atoms with Gasteiger partial charge in [0.1, 0.15) is 0 Å². The molecular weight excluding hydrogens is 395 g/mol. The summed E-state index contributed by atoms with van der Waals surface area (Å²) >= 11 is 30.1. The number of carboxylic acids is 1. The smallest absolute Gasteiger partial charge is 0.307 e.